The summed E-state index contributed by atoms with van der Waals surface area (Å²) in [4.78, 5) is 36.1. The third-order valence-electron chi connectivity index (χ3n) is 3.04. The minimum Gasteiger partial charge on any atom is -0.427 e. The zero-order valence-electron chi connectivity index (χ0n) is 11.9. The van der Waals surface area contributed by atoms with Crippen LogP contribution in [0.15, 0.2) is 18.2 Å². The van der Waals surface area contributed by atoms with Gasteiger partial charge in [0.15, 0.2) is 6.29 Å². The Kier molecular flexibility index (Phi) is 4.37. The normalized spacial score (nSPS) is 10.4. The highest BCUT2D eigenvalue weighted by Gasteiger charge is 2.12. The number of fused-ring (bicyclic) bond motifs is 1. The molecule has 0 aliphatic heterocycles. The van der Waals surface area contributed by atoms with Gasteiger partial charge in [-0.1, -0.05) is 0 Å². The van der Waals surface area contributed by atoms with Gasteiger partial charge in [0.05, 0.1) is 5.69 Å². The Morgan fingerprint density at radius 3 is 2.71 bits per heavy atom. The van der Waals surface area contributed by atoms with Crippen molar-refractivity contribution in [3.63, 3.8) is 0 Å². The first-order chi connectivity index (χ1) is 10.0. The van der Waals surface area contributed by atoms with Crippen LogP contribution in [0, 0.1) is 0 Å². The molecule has 0 aliphatic carbocycles. The number of esters is 1. The third-order valence-corrected chi connectivity index (χ3v) is 3.04. The summed E-state index contributed by atoms with van der Waals surface area (Å²) in [7, 11) is 0. The van der Waals surface area contributed by atoms with Crippen LogP contribution in [-0.2, 0) is 16.0 Å². The molecule has 0 spiro atoms. The molecule has 21 heavy (non-hydrogen) atoms. The van der Waals surface area contributed by atoms with Crippen molar-refractivity contribution in [2.75, 3.05) is 6.54 Å². The zero-order valence-corrected chi connectivity index (χ0v) is 11.9. The van der Waals surface area contributed by atoms with E-state index in [1.54, 1.807) is 18.2 Å². The summed E-state index contributed by atoms with van der Waals surface area (Å²) < 4.78 is 5.05. The van der Waals surface area contributed by atoms with Crippen molar-refractivity contribution in [3.05, 3.63) is 29.5 Å². The number of carbonyl (C=O) groups excluding carboxylic acids is 3. The van der Waals surface area contributed by atoms with E-state index < -0.39 is 5.97 Å². The van der Waals surface area contributed by atoms with Gasteiger partial charge in [0, 0.05) is 31.3 Å². The highest BCUT2D eigenvalue weighted by atomic mass is 16.5. The molecular weight excluding hydrogens is 272 g/mol. The van der Waals surface area contributed by atoms with Crippen LogP contribution >= 0.6 is 0 Å². The molecule has 2 aromatic rings. The fraction of sp³-hybridized carbons (Fsp3) is 0.267. The van der Waals surface area contributed by atoms with Gasteiger partial charge >= 0.3 is 5.97 Å². The number of rotatable bonds is 5. The molecule has 1 heterocycles. The Labute approximate surface area is 121 Å². The quantitative estimate of drug-likeness (QED) is 0.497. The maximum atomic E-state index is 11.2. The molecule has 0 saturated heterocycles. The minimum absolute atomic E-state index is 0.122. The first-order valence-electron chi connectivity index (χ1n) is 6.54. The zero-order chi connectivity index (χ0) is 15.4. The van der Waals surface area contributed by atoms with Gasteiger partial charge in [-0.05, 0) is 30.2 Å². The molecule has 2 N–H and O–H groups in total. The Hall–Kier alpha value is -2.63. The Bertz CT molecular complexity index is 703. The SMILES string of the molecule is CC(=O)NCCc1c(C=O)[nH]c2ccc(OC(C)=O)cc12. The molecule has 0 radical (unpaired) electrons. The second-order valence-corrected chi connectivity index (χ2v) is 4.67. The Balaban J connectivity index is 2.36. The lowest BCUT2D eigenvalue weighted by molar-refractivity contribution is -0.131. The van der Waals surface area contributed by atoms with E-state index >= 15 is 0 Å². The number of aromatic nitrogens is 1. The topological polar surface area (TPSA) is 88.3 Å². The number of aromatic amines is 1. The van der Waals surface area contributed by atoms with Gasteiger partial charge in [-0.15, -0.1) is 0 Å². The van der Waals surface area contributed by atoms with Gasteiger partial charge in [-0.2, -0.15) is 0 Å². The number of benzene rings is 1. The second kappa shape index (κ2) is 6.21. The number of hydrogen-bond donors (Lipinski definition) is 2. The predicted molar refractivity (Wildman–Crippen MR) is 77.4 cm³/mol. The van der Waals surface area contributed by atoms with E-state index in [4.69, 9.17) is 4.74 Å². The van der Waals surface area contributed by atoms with Crippen LogP contribution in [0.4, 0.5) is 0 Å². The molecule has 2 rings (SSSR count). The molecule has 0 aliphatic rings. The van der Waals surface area contributed by atoms with Crippen molar-refractivity contribution in [3.8, 4) is 5.75 Å². The number of ether oxygens (including phenoxy) is 1. The lowest BCUT2D eigenvalue weighted by Gasteiger charge is -2.04. The van der Waals surface area contributed by atoms with E-state index in [2.05, 4.69) is 10.3 Å². The molecule has 0 fully saturated rings. The third kappa shape index (κ3) is 3.47. The van der Waals surface area contributed by atoms with E-state index in [1.165, 1.54) is 13.8 Å². The van der Waals surface area contributed by atoms with Crippen LogP contribution < -0.4 is 10.1 Å². The molecule has 0 saturated carbocycles. The van der Waals surface area contributed by atoms with E-state index in [0.717, 1.165) is 22.8 Å². The summed E-state index contributed by atoms with van der Waals surface area (Å²) in [5.41, 5.74) is 2.05. The van der Waals surface area contributed by atoms with Crippen LogP contribution in [0.25, 0.3) is 10.9 Å². The van der Waals surface area contributed by atoms with E-state index in [9.17, 15) is 14.4 Å². The maximum Gasteiger partial charge on any atom is 0.308 e. The van der Waals surface area contributed by atoms with Gasteiger partial charge in [0.1, 0.15) is 5.75 Å². The van der Waals surface area contributed by atoms with E-state index in [0.29, 0.717) is 24.4 Å². The fourth-order valence-corrected chi connectivity index (χ4v) is 2.21. The summed E-state index contributed by atoms with van der Waals surface area (Å²) in [5.74, 6) is -0.101. The Morgan fingerprint density at radius 2 is 2.10 bits per heavy atom. The standard InChI is InChI=1S/C15H16N2O4/c1-9(19)16-6-5-12-13-7-11(21-10(2)20)3-4-14(13)17-15(12)8-18/h3-4,7-8,17H,5-6H2,1-2H3,(H,16,19). The van der Waals surface area contributed by atoms with E-state index in [1.807, 2.05) is 0 Å². The molecule has 0 unspecified atom stereocenters. The van der Waals surface area contributed by atoms with Gasteiger partial charge < -0.3 is 15.0 Å². The molecule has 1 aromatic heterocycles. The molecular formula is C15H16N2O4. The van der Waals surface area contributed by atoms with Crippen molar-refractivity contribution in [2.45, 2.75) is 20.3 Å². The van der Waals surface area contributed by atoms with E-state index in [-0.39, 0.29) is 5.91 Å². The maximum absolute atomic E-state index is 11.2. The molecule has 6 nitrogen and oxygen atoms in total. The number of carbonyl (C=O) groups is 3. The monoisotopic (exact) mass is 288 g/mol. The van der Waals surface area contributed by atoms with Gasteiger partial charge in [-0.3, -0.25) is 14.4 Å². The molecule has 0 atom stereocenters. The van der Waals surface area contributed by atoms with Crippen molar-refractivity contribution in [2.24, 2.45) is 0 Å². The smallest absolute Gasteiger partial charge is 0.308 e. The summed E-state index contributed by atoms with van der Waals surface area (Å²) in [5, 5.41) is 3.50. The van der Waals surface area contributed by atoms with Gasteiger partial charge in [0.2, 0.25) is 5.91 Å². The summed E-state index contributed by atoms with van der Waals surface area (Å²) in [6, 6.07) is 5.12. The highest BCUT2D eigenvalue weighted by molar-refractivity contribution is 5.93. The lowest BCUT2D eigenvalue weighted by atomic mass is 10.1. The molecule has 0 bridgehead atoms. The Morgan fingerprint density at radius 1 is 1.33 bits per heavy atom. The van der Waals surface area contributed by atoms with Crippen molar-refractivity contribution in [1.29, 1.82) is 0 Å². The number of hydrogen-bond acceptors (Lipinski definition) is 4. The second-order valence-electron chi connectivity index (χ2n) is 4.67. The van der Waals surface area contributed by atoms with Crippen molar-refractivity contribution >= 4 is 29.1 Å². The fourth-order valence-electron chi connectivity index (χ4n) is 2.21. The van der Waals surface area contributed by atoms with Gasteiger partial charge in [-0.25, -0.2) is 0 Å². The lowest BCUT2D eigenvalue weighted by Crippen LogP contribution is -2.22. The minimum atomic E-state index is -0.403. The molecule has 110 valence electrons. The van der Waals surface area contributed by atoms with Crippen LogP contribution in [0.1, 0.15) is 29.9 Å². The largest absolute Gasteiger partial charge is 0.427 e. The first kappa shape index (κ1) is 14.8. The van der Waals surface area contributed by atoms with Crippen LogP contribution in [0.3, 0.4) is 0 Å². The average Bonchev–Trinajstić information content (AvgIpc) is 2.75. The number of nitrogens with one attached hydrogen (secondary N) is 2. The number of H-pyrrole nitrogens is 1. The van der Waals surface area contributed by atoms with Gasteiger partial charge in [0.25, 0.3) is 0 Å². The van der Waals surface area contributed by atoms with Crippen LogP contribution in [0.5, 0.6) is 5.75 Å². The van der Waals surface area contributed by atoms with Crippen molar-refractivity contribution in [1.82, 2.24) is 10.3 Å². The number of amides is 1. The number of aldehydes is 1. The highest BCUT2D eigenvalue weighted by Crippen LogP contribution is 2.26. The summed E-state index contributed by atoms with van der Waals surface area (Å²) in [6.07, 6.45) is 1.26. The molecule has 1 amide bonds. The molecule has 1 aromatic carbocycles. The summed E-state index contributed by atoms with van der Waals surface area (Å²) in [6.45, 7) is 3.20. The molecule has 6 heteroatoms. The predicted octanol–water partition coefficient (Wildman–Crippen LogP) is 1.58. The van der Waals surface area contributed by atoms with Crippen LogP contribution in [-0.4, -0.2) is 29.7 Å². The average molecular weight is 288 g/mol. The first-order valence-corrected chi connectivity index (χ1v) is 6.54. The van der Waals surface area contributed by atoms with Crippen LogP contribution in [0.2, 0.25) is 0 Å². The van der Waals surface area contributed by atoms with Crippen molar-refractivity contribution < 1.29 is 19.1 Å². The summed E-state index contributed by atoms with van der Waals surface area (Å²) >= 11 is 0.